The van der Waals surface area contributed by atoms with Crippen molar-refractivity contribution in [3.05, 3.63) is 53.4 Å². The van der Waals surface area contributed by atoms with Gasteiger partial charge in [0.2, 0.25) is 11.8 Å². The second-order valence-corrected chi connectivity index (χ2v) is 8.87. The summed E-state index contributed by atoms with van der Waals surface area (Å²) in [5.74, 6) is 0.539. The van der Waals surface area contributed by atoms with Crippen LogP contribution >= 0.6 is 11.6 Å². The number of hydrogen-bond donors (Lipinski definition) is 4. The van der Waals surface area contributed by atoms with Gasteiger partial charge in [-0.2, -0.15) is 0 Å². The molecule has 0 aliphatic carbocycles. The third kappa shape index (κ3) is 5.26. The molecule has 1 unspecified atom stereocenters. The number of fused-ring (bicyclic) bond motifs is 1. The van der Waals surface area contributed by atoms with E-state index in [0.717, 1.165) is 22.4 Å². The normalized spacial score (nSPS) is 16.4. The van der Waals surface area contributed by atoms with Gasteiger partial charge >= 0.3 is 0 Å². The first-order valence-corrected chi connectivity index (χ1v) is 11.4. The molecule has 0 radical (unpaired) electrons. The fourth-order valence-electron chi connectivity index (χ4n) is 4.17. The number of piperidine rings is 1. The van der Waals surface area contributed by atoms with Crippen LogP contribution in [0, 0.1) is 0 Å². The molecule has 1 aromatic carbocycles. The lowest BCUT2D eigenvalue weighted by molar-refractivity contribution is -0.128. The lowest BCUT2D eigenvalue weighted by Crippen LogP contribution is -2.60. The number of nitrogens with zero attached hydrogens (tertiary/aromatic N) is 3. The smallest absolute Gasteiger partial charge is 0.240 e. The molecule has 2 amide bonds. The average Bonchev–Trinajstić information content (AvgIpc) is 3.28. The zero-order valence-electron chi connectivity index (χ0n) is 18.5. The van der Waals surface area contributed by atoms with E-state index in [0.29, 0.717) is 43.9 Å². The highest BCUT2D eigenvalue weighted by molar-refractivity contribution is 6.30. The van der Waals surface area contributed by atoms with Gasteiger partial charge < -0.3 is 26.3 Å². The minimum absolute atomic E-state index is 0.111. The third-order valence-electron chi connectivity index (χ3n) is 6.13. The number of anilines is 1. The van der Waals surface area contributed by atoms with Gasteiger partial charge in [-0.15, -0.1) is 0 Å². The summed E-state index contributed by atoms with van der Waals surface area (Å²) in [6.45, 7) is 3.13. The molecular weight excluding hydrogens is 442 g/mol. The fourth-order valence-corrected chi connectivity index (χ4v) is 4.29. The topological polar surface area (TPSA) is 129 Å². The SMILES string of the molecule is CC(=O)NCCC(NC(=O)C1(N)CCN(c2ncnc3[nH]ccc23)CC1)c1ccc(Cl)cc1. The maximum absolute atomic E-state index is 13.3. The first kappa shape index (κ1) is 23.0. The highest BCUT2D eigenvalue weighted by Crippen LogP contribution is 2.29. The summed E-state index contributed by atoms with van der Waals surface area (Å²) in [7, 11) is 0. The third-order valence-corrected chi connectivity index (χ3v) is 6.38. The van der Waals surface area contributed by atoms with Crippen molar-refractivity contribution in [1.29, 1.82) is 0 Å². The van der Waals surface area contributed by atoms with Crippen molar-refractivity contribution >= 4 is 40.3 Å². The van der Waals surface area contributed by atoms with Gasteiger partial charge in [0, 0.05) is 37.8 Å². The Morgan fingerprint density at radius 1 is 1.21 bits per heavy atom. The molecule has 1 aliphatic rings. The van der Waals surface area contributed by atoms with Crippen molar-refractivity contribution in [3.63, 3.8) is 0 Å². The number of benzene rings is 1. The predicted molar refractivity (Wildman–Crippen MR) is 128 cm³/mol. The molecule has 1 fully saturated rings. The monoisotopic (exact) mass is 469 g/mol. The maximum Gasteiger partial charge on any atom is 0.240 e. The number of nitrogens with one attached hydrogen (secondary N) is 3. The number of carbonyl (C=O) groups excluding carboxylic acids is 2. The molecule has 33 heavy (non-hydrogen) atoms. The van der Waals surface area contributed by atoms with Gasteiger partial charge in [0.25, 0.3) is 0 Å². The Balaban J connectivity index is 1.43. The Bertz CT molecular complexity index is 1120. The number of H-pyrrole nitrogens is 1. The number of hydrogen-bond acceptors (Lipinski definition) is 6. The number of carbonyl (C=O) groups is 2. The lowest BCUT2D eigenvalue weighted by Gasteiger charge is -2.39. The Morgan fingerprint density at radius 3 is 2.64 bits per heavy atom. The highest BCUT2D eigenvalue weighted by Gasteiger charge is 2.39. The molecular formula is C23H28ClN7O2. The molecule has 2 aromatic heterocycles. The molecule has 0 saturated carbocycles. The van der Waals surface area contributed by atoms with Crippen molar-refractivity contribution < 1.29 is 9.59 Å². The summed E-state index contributed by atoms with van der Waals surface area (Å²) in [4.78, 5) is 38.5. The second kappa shape index (κ2) is 9.76. The Kier molecular flexibility index (Phi) is 6.80. The van der Waals surface area contributed by atoms with Crippen LogP contribution in [-0.4, -0.2) is 51.9 Å². The summed E-state index contributed by atoms with van der Waals surface area (Å²) in [6.07, 6.45) is 4.91. The van der Waals surface area contributed by atoms with Crippen LogP contribution < -0.4 is 21.3 Å². The number of aromatic amines is 1. The summed E-state index contributed by atoms with van der Waals surface area (Å²) in [5.41, 5.74) is 7.30. The van der Waals surface area contributed by atoms with Crippen LogP contribution in [0.5, 0.6) is 0 Å². The van der Waals surface area contributed by atoms with E-state index in [1.807, 2.05) is 24.4 Å². The van der Waals surface area contributed by atoms with Gasteiger partial charge in [-0.25, -0.2) is 9.97 Å². The van der Waals surface area contributed by atoms with Crippen LogP contribution in [0.2, 0.25) is 5.02 Å². The van der Waals surface area contributed by atoms with Crippen LogP contribution in [-0.2, 0) is 9.59 Å². The van der Waals surface area contributed by atoms with Gasteiger partial charge in [0.1, 0.15) is 17.8 Å². The molecule has 4 rings (SSSR count). The first-order chi connectivity index (χ1) is 15.9. The van der Waals surface area contributed by atoms with Gasteiger partial charge in [0.05, 0.1) is 17.0 Å². The molecule has 5 N–H and O–H groups in total. The van der Waals surface area contributed by atoms with E-state index in [4.69, 9.17) is 17.3 Å². The summed E-state index contributed by atoms with van der Waals surface area (Å²) >= 11 is 6.03. The minimum atomic E-state index is -0.987. The van der Waals surface area contributed by atoms with Crippen LogP contribution in [0.1, 0.15) is 37.8 Å². The molecule has 1 atom stereocenters. The summed E-state index contributed by atoms with van der Waals surface area (Å²) in [6, 6.07) is 8.99. The van der Waals surface area contributed by atoms with E-state index in [1.165, 1.54) is 13.3 Å². The molecule has 0 bridgehead atoms. The number of amides is 2. The average molecular weight is 470 g/mol. The number of rotatable bonds is 7. The van der Waals surface area contributed by atoms with Gasteiger partial charge in [-0.3, -0.25) is 9.59 Å². The number of aromatic nitrogens is 3. The van der Waals surface area contributed by atoms with Gasteiger partial charge in [-0.1, -0.05) is 23.7 Å². The van der Waals surface area contributed by atoms with Crippen molar-refractivity contribution in [3.8, 4) is 0 Å². The molecule has 174 valence electrons. The molecule has 1 saturated heterocycles. The van der Waals surface area contributed by atoms with Crippen LogP contribution in [0.3, 0.4) is 0 Å². The quantitative estimate of drug-likeness (QED) is 0.420. The second-order valence-electron chi connectivity index (χ2n) is 8.43. The summed E-state index contributed by atoms with van der Waals surface area (Å²) in [5, 5.41) is 7.47. The van der Waals surface area contributed by atoms with Crippen molar-refractivity contribution in [1.82, 2.24) is 25.6 Å². The van der Waals surface area contributed by atoms with Crippen LogP contribution in [0.4, 0.5) is 5.82 Å². The van der Waals surface area contributed by atoms with Crippen molar-refractivity contribution in [2.45, 2.75) is 37.8 Å². The largest absolute Gasteiger partial charge is 0.356 e. The molecule has 10 heteroatoms. The standard InChI is InChI=1S/C23H28ClN7O2/c1-15(32)26-11-7-19(16-2-4-17(24)5-3-16)30-22(33)23(25)8-12-31(13-9-23)21-18-6-10-27-20(18)28-14-29-21/h2-6,10,14,19H,7-9,11-13,25H2,1H3,(H,26,32)(H,30,33)(H,27,28,29). The van der Waals surface area contributed by atoms with Crippen molar-refractivity contribution in [2.75, 3.05) is 24.5 Å². The minimum Gasteiger partial charge on any atom is -0.356 e. The van der Waals surface area contributed by atoms with E-state index in [2.05, 4.69) is 30.5 Å². The number of halogens is 1. The molecule has 1 aliphatic heterocycles. The summed E-state index contributed by atoms with van der Waals surface area (Å²) < 4.78 is 0. The van der Waals surface area contributed by atoms with E-state index >= 15 is 0 Å². The Hall–Kier alpha value is -3.17. The van der Waals surface area contributed by atoms with Crippen LogP contribution in [0.15, 0.2) is 42.9 Å². The zero-order chi connectivity index (χ0) is 23.4. The molecule has 3 heterocycles. The van der Waals surface area contributed by atoms with Gasteiger partial charge in [-0.05, 0) is 43.0 Å². The molecule has 9 nitrogen and oxygen atoms in total. The maximum atomic E-state index is 13.3. The molecule has 3 aromatic rings. The van der Waals surface area contributed by atoms with E-state index in [1.54, 1.807) is 12.1 Å². The zero-order valence-corrected chi connectivity index (χ0v) is 19.2. The van der Waals surface area contributed by atoms with E-state index in [9.17, 15) is 9.59 Å². The number of nitrogens with two attached hydrogens (primary N) is 1. The Labute approximate surface area is 197 Å². The predicted octanol–water partition coefficient (Wildman–Crippen LogP) is 2.29. The van der Waals surface area contributed by atoms with Gasteiger partial charge in [0.15, 0.2) is 0 Å². The van der Waals surface area contributed by atoms with Crippen molar-refractivity contribution in [2.24, 2.45) is 5.73 Å². The lowest BCUT2D eigenvalue weighted by atomic mass is 9.87. The fraction of sp³-hybridized carbons (Fsp3) is 0.391. The van der Waals surface area contributed by atoms with E-state index < -0.39 is 5.54 Å². The highest BCUT2D eigenvalue weighted by atomic mass is 35.5. The molecule has 0 spiro atoms. The van der Waals surface area contributed by atoms with Crippen LogP contribution in [0.25, 0.3) is 11.0 Å². The van der Waals surface area contributed by atoms with E-state index in [-0.39, 0.29) is 17.9 Å². The Morgan fingerprint density at radius 2 is 1.94 bits per heavy atom. The first-order valence-electron chi connectivity index (χ1n) is 11.0.